The van der Waals surface area contributed by atoms with Crippen LogP contribution in [0.25, 0.3) is 0 Å². The van der Waals surface area contributed by atoms with Gasteiger partial charge in [0, 0.05) is 17.7 Å². The number of anilines is 1. The molecule has 0 bridgehead atoms. The average molecular weight is 372 g/mol. The summed E-state index contributed by atoms with van der Waals surface area (Å²) in [5.74, 6) is 1.78. The van der Waals surface area contributed by atoms with Crippen LogP contribution in [0.5, 0.6) is 5.75 Å². The van der Waals surface area contributed by atoms with E-state index in [0.29, 0.717) is 12.4 Å². The van der Waals surface area contributed by atoms with Gasteiger partial charge < -0.3 is 10.1 Å². The first kappa shape index (κ1) is 16.7. The highest BCUT2D eigenvalue weighted by atomic mass is 16.5. The maximum Gasteiger partial charge on any atom is 0.226 e. The first-order chi connectivity index (χ1) is 13.7. The molecule has 2 aliphatic rings. The van der Waals surface area contributed by atoms with E-state index in [2.05, 4.69) is 27.5 Å². The summed E-state index contributed by atoms with van der Waals surface area (Å²) in [6.07, 6.45) is 2.81. The smallest absolute Gasteiger partial charge is 0.226 e. The van der Waals surface area contributed by atoms with Crippen LogP contribution in [0, 0.1) is 0 Å². The quantitative estimate of drug-likeness (QED) is 0.759. The fourth-order valence-corrected chi connectivity index (χ4v) is 4.21. The summed E-state index contributed by atoms with van der Waals surface area (Å²) >= 11 is 0. The zero-order chi connectivity index (χ0) is 19.1. The lowest BCUT2D eigenvalue weighted by Gasteiger charge is -2.35. The maximum absolute atomic E-state index is 13.3. The largest absolute Gasteiger partial charge is 0.497 e. The number of allylic oxidation sites excluding steroid dienone is 2. The number of carbonyl (C=O) groups excluding carboxylic acids is 1. The minimum atomic E-state index is -0.274. The molecule has 6 heteroatoms. The van der Waals surface area contributed by atoms with Crippen LogP contribution in [0.1, 0.15) is 35.9 Å². The first-order valence-electron chi connectivity index (χ1n) is 9.36. The molecule has 2 heterocycles. The molecule has 0 spiro atoms. The molecule has 6 nitrogen and oxygen atoms in total. The normalized spacial score (nSPS) is 21.0. The Labute approximate surface area is 162 Å². The van der Waals surface area contributed by atoms with Crippen molar-refractivity contribution in [3.63, 3.8) is 0 Å². The van der Waals surface area contributed by atoms with Crippen molar-refractivity contribution in [1.82, 2.24) is 14.8 Å². The molecule has 0 amide bonds. The van der Waals surface area contributed by atoms with Gasteiger partial charge in [-0.1, -0.05) is 42.5 Å². The third-order valence-electron chi connectivity index (χ3n) is 5.56. The predicted molar refractivity (Wildman–Crippen MR) is 105 cm³/mol. The number of hydrogen-bond acceptors (Lipinski definition) is 5. The van der Waals surface area contributed by atoms with E-state index in [0.717, 1.165) is 29.0 Å². The summed E-state index contributed by atoms with van der Waals surface area (Å²) in [5, 5.41) is 7.74. The Balaban J connectivity index is 1.58. The molecule has 3 aromatic rings. The SMILES string of the molecule is COc1ccc([C@H]2C3=C(C[C@@H](c4ccccc4)CC3=O)Nc3ncnn32)cc1. The van der Waals surface area contributed by atoms with Crippen LogP contribution in [0.2, 0.25) is 0 Å². The van der Waals surface area contributed by atoms with E-state index in [1.807, 2.05) is 42.5 Å². The zero-order valence-corrected chi connectivity index (χ0v) is 15.5. The number of rotatable bonds is 3. The third-order valence-corrected chi connectivity index (χ3v) is 5.56. The number of ether oxygens (including phenoxy) is 1. The highest BCUT2D eigenvalue weighted by Crippen LogP contribution is 2.43. The van der Waals surface area contributed by atoms with Gasteiger partial charge in [-0.2, -0.15) is 10.1 Å². The summed E-state index contributed by atoms with van der Waals surface area (Å²) < 4.78 is 7.07. The second kappa shape index (κ2) is 6.64. The van der Waals surface area contributed by atoms with Crippen molar-refractivity contribution in [2.24, 2.45) is 0 Å². The molecule has 5 rings (SSSR count). The highest BCUT2D eigenvalue weighted by Gasteiger charge is 2.39. The lowest BCUT2D eigenvalue weighted by atomic mass is 9.78. The van der Waals surface area contributed by atoms with Crippen LogP contribution in [0.15, 0.2) is 72.2 Å². The summed E-state index contributed by atoms with van der Waals surface area (Å²) in [6, 6.07) is 17.8. The van der Waals surface area contributed by atoms with Crippen LogP contribution >= 0.6 is 0 Å². The number of nitrogens with zero attached hydrogens (tertiary/aromatic N) is 3. The molecular weight excluding hydrogens is 352 g/mol. The summed E-state index contributed by atoms with van der Waals surface area (Å²) in [7, 11) is 1.64. The number of methoxy groups -OCH3 is 1. The standard InChI is InChI=1S/C22H20N4O2/c1-28-17-9-7-15(8-10-17)21-20-18(25-22-23-13-24-26(21)22)11-16(12-19(20)27)14-5-3-2-4-6-14/h2-10,13,16,21H,11-12H2,1H3,(H,23,24,25)/t16-,21+/m1/s1. The Morgan fingerprint density at radius 2 is 1.82 bits per heavy atom. The fraction of sp³-hybridized carbons (Fsp3) is 0.227. The van der Waals surface area contributed by atoms with E-state index >= 15 is 0 Å². The third kappa shape index (κ3) is 2.69. The van der Waals surface area contributed by atoms with Crippen LogP contribution < -0.4 is 10.1 Å². The van der Waals surface area contributed by atoms with Crippen molar-refractivity contribution in [3.8, 4) is 5.75 Å². The second-order valence-electron chi connectivity index (χ2n) is 7.16. The Hall–Kier alpha value is -3.41. The fourth-order valence-electron chi connectivity index (χ4n) is 4.21. The molecule has 1 N–H and O–H groups in total. The van der Waals surface area contributed by atoms with E-state index in [1.54, 1.807) is 11.8 Å². The maximum atomic E-state index is 13.3. The van der Waals surface area contributed by atoms with Gasteiger partial charge in [-0.25, -0.2) is 4.68 Å². The van der Waals surface area contributed by atoms with Crippen LogP contribution in [-0.4, -0.2) is 27.7 Å². The Bertz CT molecular complexity index is 1050. The molecule has 0 unspecified atom stereocenters. The molecular formula is C22H20N4O2. The minimum absolute atomic E-state index is 0.157. The zero-order valence-electron chi connectivity index (χ0n) is 15.5. The van der Waals surface area contributed by atoms with Gasteiger partial charge in [-0.05, 0) is 35.6 Å². The number of hydrogen-bond donors (Lipinski definition) is 1. The molecule has 1 aliphatic heterocycles. The van der Waals surface area contributed by atoms with E-state index < -0.39 is 0 Å². The average Bonchev–Trinajstić information content (AvgIpc) is 3.21. The van der Waals surface area contributed by atoms with Gasteiger partial charge in [0.15, 0.2) is 5.78 Å². The Kier molecular flexibility index (Phi) is 3.97. The van der Waals surface area contributed by atoms with Crippen molar-refractivity contribution in [1.29, 1.82) is 0 Å². The second-order valence-corrected chi connectivity index (χ2v) is 7.16. The molecule has 1 aromatic heterocycles. The Morgan fingerprint density at radius 1 is 1.04 bits per heavy atom. The number of ketones is 1. The van der Waals surface area contributed by atoms with Crippen LogP contribution in [0.4, 0.5) is 5.95 Å². The van der Waals surface area contributed by atoms with E-state index in [4.69, 9.17) is 4.74 Å². The number of Topliss-reactive ketones (excluding diaryl/α,β-unsaturated/α-hetero) is 1. The monoisotopic (exact) mass is 372 g/mol. The van der Waals surface area contributed by atoms with Gasteiger partial charge >= 0.3 is 0 Å². The topological polar surface area (TPSA) is 69.0 Å². The van der Waals surface area contributed by atoms with Crippen molar-refractivity contribution in [2.75, 3.05) is 12.4 Å². The number of nitrogens with one attached hydrogen (secondary N) is 1. The van der Waals surface area contributed by atoms with Crippen molar-refractivity contribution < 1.29 is 9.53 Å². The number of aromatic nitrogens is 3. The molecule has 0 fully saturated rings. The number of carbonyl (C=O) groups is 1. The van der Waals surface area contributed by atoms with E-state index in [-0.39, 0.29) is 17.7 Å². The lowest BCUT2D eigenvalue weighted by Crippen LogP contribution is -2.33. The summed E-state index contributed by atoms with van der Waals surface area (Å²) in [5.41, 5.74) is 3.92. The van der Waals surface area contributed by atoms with Gasteiger partial charge in [0.25, 0.3) is 0 Å². The van der Waals surface area contributed by atoms with Crippen molar-refractivity contribution in [3.05, 3.63) is 83.3 Å². The molecule has 140 valence electrons. The molecule has 2 aromatic carbocycles. The van der Waals surface area contributed by atoms with E-state index in [9.17, 15) is 4.79 Å². The van der Waals surface area contributed by atoms with Gasteiger partial charge in [0.1, 0.15) is 18.1 Å². The molecule has 0 saturated heterocycles. The van der Waals surface area contributed by atoms with Gasteiger partial charge in [-0.15, -0.1) is 0 Å². The summed E-state index contributed by atoms with van der Waals surface area (Å²) in [6.45, 7) is 0. The minimum Gasteiger partial charge on any atom is -0.497 e. The molecule has 1 aliphatic carbocycles. The van der Waals surface area contributed by atoms with Gasteiger partial charge in [-0.3, -0.25) is 4.79 Å². The lowest BCUT2D eigenvalue weighted by molar-refractivity contribution is -0.116. The van der Waals surface area contributed by atoms with Crippen LogP contribution in [-0.2, 0) is 4.79 Å². The highest BCUT2D eigenvalue weighted by molar-refractivity contribution is 6.00. The van der Waals surface area contributed by atoms with Crippen molar-refractivity contribution in [2.45, 2.75) is 24.8 Å². The number of fused-ring (bicyclic) bond motifs is 1. The molecule has 2 atom stereocenters. The molecule has 0 saturated carbocycles. The molecule has 0 radical (unpaired) electrons. The van der Waals surface area contributed by atoms with E-state index in [1.165, 1.54) is 11.9 Å². The van der Waals surface area contributed by atoms with Crippen molar-refractivity contribution >= 4 is 11.7 Å². The molecule has 28 heavy (non-hydrogen) atoms. The van der Waals surface area contributed by atoms with Crippen LogP contribution in [0.3, 0.4) is 0 Å². The predicted octanol–water partition coefficient (Wildman–Crippen LogP) is 3.70. The first-order valence-corrected chi connectivity index (χ1v) is 9.36. The number of benzene rings is 2. The summed E-state index contributed by atoms with van der Waals surface area (Å²) in [4.78, 5) is 17.6. The Morgan fingerprint density at radius 3 is 2.57 bits per heavy atom. The van der Waals surface area contributed by atoms with Gasteiger partial charge in [0.2, 0.25) is 5.95 Å². The van der Waals surface area contributed by atoms with Gasteiger partial charge in [0.05, 0.1) is 7.11 Å².